The van der Waals surface area contributed by atoms with Crippen LogP contribution in [0.15, 0.2) is 59.5 Å². The van der Waals surface area contributed by atoms with E-state index in [1.54, 1.807) is 18.3 Å². The molecule has 0 saturated carbocycles. The maximum atomic E-state index is 12.5. The van der Waals surface area contributed by atoms with Crippen molar-refractivity contribution in [1.29, 1.82) is 0 Å². The zero-order valence-corrected chi connectivity index (χ0v) is 13.8. The van der Waals surface area contributed by atoms with E-state index >= 15 is 0 Å². The largest absolute Gasteiger partial charge is 0.340 e. The second-order valence-electron chi connectivity index (χ2n) is 6.16. The van der Waals surface area contributed by atoms with Gasteiger partial charge in [-0.1, -0.05) is 36.4 Å². The monoisotopic (exact) mass is 325 g/mol. The Hall–Kier alpha value is -2.40. The summed E-state index contributed by atoms with van der Waals surface area (Å²) in [7, 11) is 0. The van der Waals surface area contributed by atoms with Gasteiger partial charge in [-0.05, 0) is 18.1 Å². The predicted molar refractivity (Wildman–Crippen MR) is 93.6 cm³/mol. The SMILES string of the molecule is O=C(Cn1ccccc1=O)N1CCCN(Cc2ccccc2)CC1. The minimum absolute atomic E-state index is 0.0184. The van der Waals surface area contributed by atoms with E-state index in [4.69, 9.17) is 0 Å². The molecule has 3 rings (SSSR count). The topological polar surface area (TPSA) is 45.6 Å². The lowest BCUT2D eigenvalue weighted by Gasteiger charge is -2.22. The van der Waals surface area contributed by atoms with Crippen LogP contribution < -0.4 is 5.56 Å². The number of hydrogen-bond donors (Lipinski definition) is 0. The summed E-state index contributed by atoms with van der Waals surface area (Å²) in [4.78, 5) is 28.5. The summed E-state index contributed by atoms with van der Waals surface area (Å²) in [5.74, 6) is 0.0184. The van der Waals surface area contributed by atoms with Crippen molar-refractivity contribution in [3.63, 3.8) is 0 Å². The van der Waals surface area contributed by atoms with Gasteiger partial charge in [-0.15, -0.1) is 0 Å². The molecule has 0 spiro atoms. The summed E-state index contributed by atoms with van der Waals surface area (Å²) in [6.07, 6.45) is 2.63. The molecule has 0 atom stereocenters. The normalized spacial score (nSPS) is 15.9. The van der Waals surface area contributed by atoms with Crippen molar-refractivity contribution >= 4 is 5.91 Å². The van der Waals surface area contributed by atoms with Crippen molar-refractivity contribution in [2.24, 2.45) is 0 Å². The molecule has 0 unspecified atom stereocenters. The summed E-state index contributed by atoms with van der Waals surface area (Å²) in [5.41, 5.74) is 1.17. The predicted octanol–water partition coefficient (Wildman–Crippen LogP) is 1.58. The van der Waals surface area contributed by atoms with E-state index in [9.17, 15) is 9.59 Å². The Kier molecular flexibility index (Phi) is 5.43. The molecule has 0 N–H and O–H groups in total. The van der Waals surface area contributed by atoms with E-state index in [2.05, 4.69) is 29.2 Å². The number of hydrogen-bond acceptors (Lipinski definition) is 3. The van der Waals surface area contributed by atoms with Gasteiger partial charge in [0.15, 0.2) is 0 Å². The van der Waals surface area contributed by atoms with E-state index in [-0.39, 0.29) is 18.0 Å². The third-order valence-corrected chi connectivity index (χ3v) is 4.39. The van der Waals surface area contributed by atoms with Crippen LogP contribution in [0.4, 0.5) is 0 Å². The highest BCUT2D eigenvalue weighted by atomic mass is 16.2. The van der Waals surface area contributed by atoms with Crippen molar-refractivity contribution in [3.05, 3.63) is 70.6 Å². The van der Waals surface area contributed by atoms with Crippen molar-refractivity contribution in [1.82, 2.24) is 14.4 Å². The molecule has 5 heteroatoms. The average molecular weight is 325 g/mol. The number of carbonyl (C=O) groups excluding carboxylic acids is 1. The molecule has 2 heterocycles. The Morgan fingerprint density at radius 1 is 0.917 bits per heavy atom. The Morgan fingerprint density at radius 3 is 2.50 bits per heavy atom. The van der Waals surface area contributed by atoms with Gasteiger partial charge in [0, 0.05) is 45.0 Å². The second-order valence-corrected chi connectivity index (χ2v) is 6.16. The molecule has 1 aromatic carbocycles. The van der Waals surface area contributed by atoms with Gasteiger partial charge in [-0.25, -0.2) is 0 Å². The lowest BCUT2D eigenvalue weighted by molar-refractivity contribution is -0.131. The molecular weight excluding hydrogens is 302 g/mol. The third kappa shape index (κ3) is 4.32. The first-order valence-corrected chi connectivity index (χ1v) is 8.42. The Labute approximate surface area is 142 Å². The number of carbonyl (C=O) groups is 1. The average Bonchev–Trinajstić information content (AvgIpc) is 2.83. The Morgan fingerprint density at radius 2 is 1.71 bits per heavy atom. The minimum atomic E-state index is -0.133. The number of benzene rings is 1. The van der Waals surface area contributed by atoms with Gasteiger partial charge in [0.05, 0.1) is 0 Å². The van der Waals surface area contributed by atoms with Gasteiger partial charge in [0.25, 0.3) is 5.56 Å². The lowest BCUT2D eigenvalue weighted by atomic mass is 10.2. The van der Waals surface area contributed by atoms with Crippen molar-refractivity contribution in [3.8, 4) is 0 Å². The quantitative estimate of drug-likeness (QED) is 0.857. The van der Waals surface area contributed by atoms with Crippen LogP contribution >= 0.6 is 0 Å². The molecular formula is C19H23N3O2. The molecule has 0 bridgehead atoms. The smallest absolute Gasteiger partial charge is 0.250 e. The van der Waals surface area contributed by atoms with Crippen molar-refractivity contribution in [2.75, 3.05) is 26.2 Å². The van der Waals surface area contributed by atoms with E-state index in [0.717, 1.165) is 32.6 Å². The first-order valence-electron chi connectivity index (χ1n) is 8.42. The lowest BCUT2D eigenvalue weighted by Crippen LogP contribution is -2.38. The third-order valence-electron chi connectivity index (χ3n) is 4.39. The number of nitrogens with zero attached hydrogens (tertiary/aromatic N) is 3. The van der Waals surface area contributed by atoms with E-state index in [1.807, 2.05) is 11.0 Å². The van der Waals surface area contributed by atoms with Crippen LogP contribution in [0.1, 0.15) is 12.0 Å². The van der Waals surface area contributed by atoms with E-state index in [0.29, 0.717) is 6.54 Å². The van der Waals surface area contributed by atoms with Gasteiger partial charge >= 0.3 is 0 Å². The Bertz CT molecular complexity index is 727. The highest BCUT2D eigenvalue weighted by Gasteiger charge is 2.19. The molecule has 1 amide bonds. The number of pyridine rings is 1. The van der Waals surface area contributed by atoms with Gasteiger partial charge < -0.3 is 9.47 Å². The van der Waals surface area contributed by atoms with Crippen molar-refractivity contribution < 1.29 is 4.79 Å². The fourth-order valence-corrected chi connectivity index (χ4v) is 3.06. The van der Waals surface area contributed by atoms with Crippen LogP contribution in [-0.4, -0.2) is 46.5 Å². The van der Waals surface area contributed by atoms with Crippen LogP contribution in [-0.2, 0) is 17.9 Å². The fraction of sp³-hybridized carbons (Fsp3) is 0.368. The standard InChI is InChI=1S/C19H23N3O2/c23-18-9-4-5-11-22(18)16-19(24)21-12-6-10-20(13-14-21)15-17-7-2-1-3-8-17/h1-5,7-9,11H,6,10,12-16H2. The van der Waals surface area contributed by atoms with Gasteiger partial charge in [0.1, 0.15) is 6.54 Å². The molecule has 126 valence electrons. The maximum Gasteiger partial charge on any atom is 0.250 e. The van der Waals surface area contributed by atoms with E-state index in [1.165, 1.54) is 16.2 Å². The minimum Gasteiger partial charge on any atom is -0.340 e. The number of rotatable bonds is 4. The zero-order valence-electron chi connectivity index (χ0n) is 13.8. The van der Waals surface area contributed by atoms with Gasteiger partial charge in [-0.3, -0.25) is 14.5 Å². The molecule has 1 aliphatic rings. The highest BCUT2D eigenvalue weighted by Crippen LogP contribution is 2.09. The second kappa shape index (κ2) is 7.93. The number of amides is 1. The molecule has 1 aromatic heterocycles. The first kappa shape index (κ1) is 16.5. The summed E-state index contributed by atoms with van der Waals surface area (Å²) in [6.45, 7) is 4.37. The van der Waals surface area contributed by atoms with Gasteiger partial charge in [0.2, 0.25) is 5.91 Å². The summed E-state index contributed by atoms with van der Waals surface area (Å²) in [5, 5.41) is 0. The van der Waals surface area contributed by atoms with Crippen LogP contribution in [0, 0.1) is 0 Å². The van der Waals surface area contributed by atoms with Crippen LogP contribution in [0.3, 0.4) is 0 Å². The highest BCUT2D eigenvalue weighted by molar-refractivity contribution is 5.76. The van der Waals surface area contributed by atoms with E-state index < -0.39 is 0 Å². The van der Waals surface area contributed by atoms with Crippen LogP contribution in [0.5, 0.6) is 0 Å². The first-order chi connectivity index (χ1) is 11.7. The zero-order chi connectivity index (χ0) is 16.8. The number of aromatic nitrogens is 1. The molecule has 0 aliphatic carbocycles. The molecule has 1 saturated heterocycles. The summed E-state index contributed by atoms with van der Waals surface area (Å²) in [6, 6.07) is 15.4. The summed E-state index contributed by atoms with van der Waals surface area (Å²) < 4.78 is 1.47. The molecule has 1 aliphatic heterocycles. The molecule has 5 nitrogen and oxygen atoms in total. The molecule has 0 radical (unpaired) electrons. The fourth-order valence-electron chi connectivity index (χ4n) is 3.06. The molecule has 1 fully saturated rings. The van der Waals surface area contributed by atoms with Crippen LogP contribution in [0.25, 0.3) is 0 Å². The maximum absolute atomic E-state index is 12.5. The Balaban J connectivity index is 1.56. The van der Waals surface area contributed by atoms with Crippen molar-refractivity contribution in [2.45, 2.75) is 19.5 Å². The molecule has 2 aromatic rings. The van der Waals surface area contributed by atoms with Gasteiger partial charge in [-0.2, -0.15) is 0 Å². The van der Waals surface area contributed by atoms with Crippen LogP contribution in [0.2, 0.25) is 0 Å². The summed E-state index contributed by atoms with van der Waals surface area (Å²) >= 11 is 0. The molecule has 24 heavy (non-hydrogen) atoms.